The van der Waals surface area contributed by atoms with Gasteiger partial charge in [-0.05, 0) is 20.3 Å². The van der Waals surface area contributed by atoms with E-state index in [-0.39, 0.29) is 17.5 Å². The van der Waals surface area contributed by atoms with Crippen LogP contribution >= 0.6 is 0 Å². The van der Waals surface area contributed by atoms with E-state index in [1.54, 1.807) is 0 Å². The molecule has 1 heterocycles. The van der Waals surface area contributed by atoms with E-state index in [0.29, 0.717) is 6.42 Å². The summed E-state index contributed by atoms with van der Waals surface area (Å²) in [6.45, 7) is 6.99. The lowest BCUT2D eigenvalue weighted by molar-refractivity contribution is -0.132. The van der Waals surface area contributed by atoms with Crippen molar-refractivity contribution in [2.45, 2.75) is 45.2 Å². The van der Waals surface area contributed by atoms with Gasteiger partial charge in [0.15, 0.2) is 0 Å². The van der Waals surface area contributed by atoms with E-state index in [0.717, 1.165) is 13.0 Å². The van der Waals surface area contributed by atoms with Gasteiger partial charge in [0.05, 0.1) is 0 Å². The van der Waals surface area contributed by atoms with Crippen LogP contribution in [0.4, 0.5) is 0 Å². The van der Waals surface area contributed by atoms with Gasteiger partial charge in [0, 0.05) is 24.5 Å². The summed E-state index contributed by atoms with van der Waals surface area (Å²) in [6, 6.07) is 0.0447. The van der Waals surface area contributed by atoms with Crippen LogP contribution in [0.3, 0.4) is 0 Å². The molecule has 0 aromatic rings. The summed E-state index contributed by atoms with van der Waals surface area (Å²) in [5, 5.41) is 0. The van der Waals surface area contributed by atoms with Crippen molar-refractivity contribution in [3.63, 3.8) is 0 Å². The van der Waals surface area contributed by atoms with Crippen LogP contribution in [0.5, 0.6) is 0 Å². The molecule has 3 heteroatoms. The summed E-state index contributed by atoms with van der Waals surface area (Å²) < 4.78 is 0. The summed E-state index contributed by atoms with van der Waals surface area (Å²) >= 11 is 0. The number of amides is 1. The Morgan fingerprint density at radius 1 is 1.67 bits per heavy atom. The Morgan fingerprint density at radius 2 is 2.25 bits per heavy atom. The summed E-state index contributed by atoms with van der Waals surface area (Å²) in [6.07, 6.45) is 1.49. The van der Waals surface area contributed by atoms with Gasteiger partial charge in [-0.1, -0.05) is 6.92 Å². The monoisotopic (exact) mass is 170 g/mol. The topological polar surface area (TPSA) is 46.3 Å². The van der Waals surface area contributed by atoms with E-state index in [2.05, 4.69) is 20.8 Å². The summed E-state index contributed by atoms with van der Waals surface area (Å²) in [5.41, 5.74) is 5.68. The number of nitrogens with two attached hydrogens (primary N) is 1. The van der Waals surface area contributed by atoms with Crippen LogP contribution in [0.25, 0.3) is 0 Å². The first-order valence-electron chi connectivity index (χ1n) is 4.53. The molecule has 3 nitrogen and oxygen atoms in total. The van der Waals surface area contributed by atoms with E-state index >= 15 is 0 Å². The normalized spacial score (nSPS) is 25.2. The number of likely N-dealkylation sites (tertiary alicyclic amines) is 1. The molecule has 0 saturated carbocycles. The van der Waals surface area contributed by atoms with Gasteiger partial charge < -0.3 is 10.6 Å². The van der Waals surface area contributed by atoms with E-state index in [4.69, 9.17) is 5.73 Å². The highest BCUT2D eigenvalue weighted by Crippen LogP contribution is 2.24. The van der Waals surface area contributed by atoms with Crippen molar-refractivity contribution in [1.82, 2.24) is 4.90 Å². The number of rotatable bonds is 2. The Labute approximate surface area is 73.9 Å². The standard InChI is InChI=1S/C9H18N2O/c1-4-9(2,3)11-6-7(10)5-8(11)12/h7H,4-6,10H2,1-3H3. The Bertz CT molecular complexity index is 189. The molecule has 1 unspecified atom stereocenters. The first-order valence-corrected chi connectivity index (χ1v) is 4.53. The fraction of sp³-hybridized carbons (Fsp3) is 0.889. The summed E-state index contributed by atoms with van der Waals surface area (Å²) in [4.78, 5) is 13.3. The lowest BCUT2D eigenvalue weighted by Crippen LogP contribution is -2.45. The van der Waals surface area contributed by atoms with Crippen LogP contribution in [0.1, 0.15) is 33.6 Å². The molecule has 1 fully saturated rings. The van der Waals surface area contributed by atoms with Gasteiger partial charge in [-0.2, -0.15) is 0 Å². The molecule has 0 aromatic carbocycles. The Kier molecular flexibility index (Phi) is 2.42. The molecule has 0 aliphatic carbocycles. The molecule has 0 spiro atoms. The summed E-state index contributed by atoms with van der Waals surface area (Å²) in [7, 11) is 0. The predicted molar refractivity (Wildman–Crippen MR) is 48.7 cm³/mol. The van der Waals surface area contributed by atoms with Crippen molar-refractivity contribution in [2.24, 2.45) is 5.73 Å². The number of carbonyl (C=O) groups excluding carboxylic acids is 1. The largest absolute Gasteiger partial charge is 0.336 e. The number of nitrogens with zero attached hydrogens (tertiary/aromatic N) is 1. The molecule has 1 amide bonds. The fourth-order valence-electron chi connectivity index (χ4n) is 1.51. The molecular weight excluding hydrogens is 152 g/mol. The second-order valence-corrected chi connectivity index (χ2v) is 4.13. The molecule has 70 valence electrons. The van der Waals surface area contributed by atoms with E-state index in [1.165, 1.54) is 0 Å². The first kappa shape index (κ1) is 9.52. The second-order valence-electron chi connectivity index (χ2n) is 4.13. The highest BCUT2D eigenvalue weighted by molar-refractivity contribution is 5.80. The molecule has 1 aliphatic rings. The zero-order valence-corrected chi connectivity index (χ0v) is 8.13. The third-order valence-corrected chi connectivity index (χ3v) is 2.75. The SMILES string of the molecule is CCC(C)(C)N1CC(N)CC1=O. The van der Waals surface area contributed by atoms with Crippen molar-refractivity contribution in [2.75, 3.05) is 6.54 Å². The molecule has 1 saturated heterocycles. The molecular formula is C9H18N2O. The highest BCUT2D eigenvalue weighted by atomic mass is 16.2. The Morgan fingerprint density at radius 3 is 2.58 bits per heavy atom. The zero-order chi connectivity index (χ0) is 9.35. The maximum atomic E-state index is 11.4. The van der Waals surface area contributed by atoms with Gasteiger partial charge in [-0.25, -0.2) is 0 Å². The van der Waals surface area contributed by atoms with Crippen LogP contribution in [0.2, 0.25) is 0 Å². The average Bonchev–Trinajstić information content (AvgIpc) is 2.31. The van der Waals surface area contributed by atoms with E-state index in [9.17, 15) is 4.79 Å². The number of hydrogen-bond acceptors (Lipinski definition) is 2. The van der Waals surface area contributed by atoms with Crippen LogP contribution < -0.4 is 5.73 Å². The van der Waals surface area contributed by atoms with E-state index in [1.807, 2.05) is 4.90 Å². The van der Waals surface area contributed by atoms with Crippen LogP contribution in [0.15, 0.2) is 0 Å². The van der Waals surface area contributed by atoms with E-state index < -0.39 is 0 Å². The predicted octanol–water partition coefficient (Wildman–Crippen LogP) is 0.735. The molecule has 12 heavy (non-hydrogen) atoms. The quantitative estimate of drug-likeness (QED) is 0.664. The lowest BCUT2D eigenvalue weighted by atomic mass is 10.00. The molecule has 1 rings (SSSR count). The molecule has 0 aromatic heterocycles. The van der Waals surface area contributed by atoms with Crippen LogP contribution in [-0.2, 0) is 4.79 Å². The van der Waals surface area contributed by atoms with Crippen molar-refractivity contribution >= 4 is 5.91 Å². The van der Waals surface area contributed by atoms with Crippen molar-refractivity contribution in [1.29, 1.82) is 0 Å². The van der Waals surface area contributed by atoms with Crippen LogP contribution in [0, 0.1) is 0 Å². The van der Waals surface area contributed by atoms with Crippen molar-refractivity contribution in [3.05, 3.63) is 0 Å². The smallest absolute Gasteiger partial charge is 0.224 e. The fourth-order valence-corrected chi connectivity index (χ4v) is 1.51. The van der Waals surface area contributed by atoms with Gasteiger partial charge in [0.1, 0.15) is 0 Å². The van der Waals surface area contributed by atoms with Gasteiger partial charge in [0.2, 0.25) is 5.91 Å². The van der Waals surface area contributed by atoms with Crippen molar-refractivity contribution in [3.8, 4) is 0 Å². The van der Waals surface area contributed by atoms with Gasteiger partial charge in [-0.3, -0.25) is 4.79 Å². The molecule has 2 N–H and O–H groups in total. The minimum atomic E-state index is -0.0226. The maximum absolute atomic E-state index is 11.4. The third kappa shape index (κ3) is 1.61. The van der Waals surface area contributed by atoms with Gasteiger partial charge in [-0.15, -0.1) is 0 Å². The molecule has 1 atom stereocenters. The van der Waals surface area contributed by atoms with Crippen molar-refractivity contribution < 1.29 is 4.79 Å². The number of carbonyl (C=O) groups is 1. The summed E-state index contributed by atoms with van der Waals surface area (Å²) in [5.74, 6) is 0.203. The third-order valence-electron chi connectivity index (χ3n) is 2.75. The van der Waals surface area contributed by atoms with Gasteiger partial charge >= 0.3 is 0 Å². The Hall–Kier alpha value is -0.570. The van der Waals surface area contributed by atoms with Gasteiger partial charge in [0.25, 0.3) is 0 Å². The Balaban J connectivity index is 2.70. The average molecular weight is 170 g/mol. The highest BCUT2D eigenvalue weighted by Gasteiger charge is 2.35. The zero-order valence-electron chi connectivity index (χ0n) is 8.13. The van der Waals surface area contributed by atoms with Crippen LogP contribution in [-0.4, -0.2) is 28.9 Å². The molecule has 0 radical (unpaired) electrons. The maximum Gasteiger partial charge on any atom is 0.224 e. The lowest BCUT2D eigenvalue weighted by Gasteiger charge is -2.34. The second kappa shape index (κ2) is 3.05. The minimum Gasteiger partial charge on any atom is -0.336 e. The number of hydrogen-bond donors (Lipinski definition) is 1. The minimum absolute atomic E-state index is 0.0226. The first-order chi connectivity index (χ1) is 5.47. The molecule has 0 bridgehead atoms. The molecule has 1 aliphatic heterocycles.